The number of benzene rings is 1. The highest BCUT2D eigenvalue weighted by atomic mass is 35.5. The summed E-state index contributed by atoms with van der Waals surface area (Å²) in [4.78, 5) is 16.3. The third kappa shape index (κ3) is 5.34. The number of halogens is 1. The van der Waals surface area contributed by atoms with Crippen molar-refractivity contribution < 1.29 is 14.3 Å². The predicted molar refractivity (Wildman–Crippen MR) is 99.1 cm³/mol. The molecular weight excluding hydrogens is 342 g/mol. The Kier molecular flexibility index (Phi) is 7.03. The molecule has 1 aromatic carbocycles. The minimum absolute atomic E-state index is 0.157. The van der Waals surface area contributed by atoms with Gasteiger partial charge in [0.2, 0.25) is 0 Å². The second-order valence-corrected chi connectivity index (χ2v) is 5.87. The number of ether oxygens (including phenoxy) is 2. The van der Waals surface area contributed by atoms with E-state index in [4.69, 9.17) is 21.1 Å². The van der Waals surface area contributed by atoms with Crippen LogP contribution in [0.2, 0.25) is 5.02 Å². The van der Waals surface area contributed by atoms with E-state index in [1.54, 1.807) is 32.4 Å². The fourth-order valence-corrected chi connectivity index (χ4v) is 2.34. The van der Waals surface area contributed by atoms with E-state index in [9.17, 15) is 4.79 Å². The molecule has 0 atom stereocenters. The zero-order valence-corrected chi connectivity index (χ0v) is 15.3. The van der Waals surface area contributed by atoms with Gasteiger partial charge in [-0.25, -0.2) is 4.98 Å². The third-order valence-electron chi connectivity index (χ3n) is 3.58. The Bertz CT molecular complexity index is 720. The van der Waals surface area contributed by atoms with E-state index in [0.29, 0.717) is 35.3 Å². The molecule has 0 unspecified atom stereocenters. The van der Waals surface area contributed by atoms with Crippen LogP contribution in [0.1, 0.15) is 22.3 Å². The number of carbonyl (C=O) groups is 1. The smallest absolute Gasteiger partial charge is 0.252 e. The molecular formula is C18H22ClN3O3. The summed E-state index contributed by atoms with van der Waals surface area (Å²) >= 11 is 6.11. The van der Waals surface area contributed by atoms with Crippen LogP contribution >= 0.6 is 11.6 Å². The molecule has 6 nitrogen and oxygen atoms in total. The van der Waals surface area contributed by atoms with Crippen LogP contribution in [0.25, 0.3) is 0 Å². The SMILES string of the molecule is COCCCNC(=O)c1ccc(Nc2cc(C)c(Cl)cc2OC)nc1. The van der Waals surface area contributed by atoms with Gasteiger partial charge in [-0.2, -0.15) is 0 Å². The highest BCUT2D eigenvalue weighted by molar-refractivity contribution is 6.31. The van der Waals surface area contributed by atoms with Crippen molar-refractivity contribution >= 4 is 29.0 Å². The molecule has 1 heterocycles. The van der Waals surface area contributed by atoms with Gasteiger partial charge < -0.3 is 20.1 Å². The maximum absolute atomic E-state index is 12.0. The molecule has 25 heavy (non-hydrogen) atoms. The first-order valence-corrected chi connectivity index (χ1v) is 8.27. The molecule has 0 aliphatic rings. The highest BCUT2D eigenvalue weighted by Gasteiger charge is 2.09. The second-order valence-electron chi connectivity index (χ2n) is 5.46. The average Bonchev–Trinajstić information content (AvgIpc) is 2.62. The molecule has 0 bridgehead atoms. The Morgan fingerprint density at radius 2 is 2.08 bits per heavy atom. The van der Waals surface area contributed by atoms with E-state index in [2.05, 4.69) is 15.6 Å². The minimum atomic E-state index is -0.157. The molecule has 1 amide bonds. The predicted octanol–water partition coefficient (Wildman–Crippen LogP) is 3.56. The summed E-state index contributed by atoms with van der Waals surface area (Å²) in [6, 6.07) is 7.10. The molecule has 7 heteroatoms. The van der Waals surface area contributed by atoms with Crippen LogP contribution in [0.15, 0.2) is 30.5 Å². The Balaban J connectivity index is 2.03. The molecule has 2 rings (SSSR count). The molecule has 1 aromatic heterocycles. The largest absolute Gasteiger partial charge is 0.495 e. The maximum atomic E-state index is 12.0. The normalized spacial score (nSPS) is 10.4. The first-order valence-electron chi connectivity index (χ1n) is 7.89. The van der Waals surface area contributed by atoms with Crippen molar-refractivity contribution in [2.45, 2.75) is 13.3 Å². The molecule has 0 aliphatic carbocycles. The van der Waals surface area contributed by atoms with Gasteiger partial charge in [0.25, 0.3) is 5.91 Å². The molecule has 0 aliphatic heterocycles. The van der Waals surface area contributed by atoms with E-state index >= 15 is 0 Å². The van der Waals surface area contributed by atoms with Gasteiger partial charge in [-0.15, -0.1) is 0 Å². The quantitative estimate of drug-likeness (QED) is 0.701. The summed E-state index contributed by atoms with van der Waals surface area (Å²) in [5, 5.41) is 6.63. The summed E-state index contributed by atoms with van der Waals surface area (Å²) < 4.78 is 10.3. The third-order valence-corrected chi connectivity index (χ3v) is 3.99. The van der Waals surface area contributed by atoms with Crippen LogP contribution < -0.4 is 15.4 Å². The number of nitrogens with zero attached hydrogens (tertiary/aromatic N) is 1. The van der Waals surface area contributed by atoms with Crippen LogP contribution in [-0.2, 0) is 4.74 Å². The van der Waals surface area contributed by atoms with E-state index in [-0.39, 0.29) is 5.91 Å². The molecule has 2 aromatic rings. The number of hydrogen-bond acceptors (Lipinski definition) is 5. The molecule has 0 saturated heterocycles. The first-order chi connectivity index (χ1) is 12.0. The van der Waals surface area contributed by atoms with Crippen LogP contribution in [0.5, 0.6) is 5.75 Å². The average molecular weight is 364 g/mol. The van der Waals surface area contributed by atoms with Crippen molar-refractivity contribution in [1.82, 2.24) is 10.3 Å². The number of carbonyl (C=O) groups excluding carboxylic acids is 1. The lowest BCUT2D eigenvalue weighted by molar-refractivity contribution is 0.0948. The number of hydrogen-bond donors (Lipinski definition) is 2. The molecule has 134 valence electrons. The summed E-state index contributed by atoms with van der Waals surface area (Å²) in [7, 11) is 3.21. The lowest BCUT2D eigenvalue weighted by Gasteiger charge is -2.13. The van der Waals surface area contributed by atoms with Gasteiger partial charge in [0, 0.05) is 37.5 Å². The van der Waals surface area contributed by atoms with Crippen LogP contribution in [0.4, 0.5) is 11.5 Å². The maximum Gasteiger partial charge on any atom is 0.252 e. The number of nitrogens with one attached hydrogen (secondary N) is 2. The minimum Gasteiger partial charge on any atom is -0.495 e. The summed E-state index contributed by atoms with van der Waals surface area (Å²) in [5.74, 6) is 1.07. The van der Waals surface area contributed by atoms with Gasteiger partial charge in [0.15, 0.2) is 0 Å². The number of anilines is 2. The standard InChI is InChI=1S/C18H22ClN3O3/c1-12-9-15(16(25-3)10-14(12)19)22-17-6-5-13(11-21-17)18(23)20-7-4-8-24-2/h5-6,9-11H,4,7-8H2,1-3H3,(H,20,23)(H,21,22). The fraction of sp³-hybridized carbons (Fsp3) is 0.333. The zero-order chi connectivity index (χ0) is 18.2. The highest BCUT2D eigenvalue weighted by Crippen LogP contribution is 2.32. The summed E-state index contributed by atoms with van der Waals surface area (Å²) in [5.41, 5.74) is 2.19. The Morgan fingerprint density at radius 1 is 1.28 bits per heavy atom. The molecule has 0 saturated carbocycles. The Labute approximate surface area is 152 Å². The summed E-state index contributed by atoms with van der Waals surface area (Å²) in [6.45, 7) is 3.09. The molecule has 0 radical (unpaired) electrons. The number of pyridine rings is 1. The van der Waals surface area contributed by atoms with Crippen LogP contribution in [0.3, 0.4) is 0 Å². The van der Waals surface area contributed by atoms with Crippen molar-refractivity contribution in [3.8, 4) is 5.75 Å². The van der Waals surface area contributed by atoms with Gasteiger partial charge in [0.1, 0.15) is 11.6 Å². The molecule has 0 fully saturated rings. The van der Waals surface area contributed by atoms with Crippen molar-refractivity contribution in [3.63, 3.8) is 0 Å². The Hall–Kier alpha value is -2.31. The monoisotopic (exact) mass is 363 g/mol. The summed E-state index contributed by atoms with van der Waals surface area (Å²) in [6.07, 6.45) is 2.30. The van der Waals surface area contributed by atoms with E-state index < -0.39 is 0 Å². The van der Waals surface area contributed by atoms with E-state index in [1.165, 1.54) is 6.20 Å². The van der Waals surface area contributed by atoms with Crippen molar-refractivity contribution in [2.75, 3.05) is 32.7 Å². The van der Waals surface area contributed by atoms with Crippen molar-refractivity contribution in [2.24, 2.45) is 0 Å². The lowest BCUT2D eigenvalue weighted by Crippen LogP contribution is -2.25. The van der Waals surface area contributed by atoms with Gasteiger partial charge in [-0.05, 0) is 37.1 Å². The van der Waals surface area contributed by atoms with E-state index in [0.717, 1.165) is 17.7 Å². The number of amides is 1. The number of methoxy groups -OCH3 is 2. The van der Waals surface area contributed by atoms with E-state index in [1.807, 2.05) is 13.0 Å². The molecule has 2 N–H and O–H groups in total. The van der Waals surface area contributed by atoms with Crippen LogP contribution in [0, 0.1) is 6.92 Å². The number of aryl methyl sites for hydroxylation is 1. The van der Waals surface area contributed by atoms with Gasteiger partial charge in [-0.1, -0.05) is 11.6 Å². The van der Waals surface area contributed by atoms with Crippen LogP contribution in [-0.4, -0.2) is 38.3 Å². The number of rotatable bonds is 8. The fourth-order valence-electron chi connectivity index (χ4n) is 2.19. The Morgan fingerprint density at radius 3 is 2.72 bits per heavy atom. The van der Waals surface area contributed by atoms with Gasteiger partial charge >= 0.3 is 0 Å². The van der Waals surface area contributed by atoms with Gasteiger partial charge in [0.05, 0.1) is 18.4 Å². The lowest BCUT2D eigenvalue weighted by atomic mass is 10.2. The van der Waals surface area contributed by atoms with Crippen molar-refractivity contribution in [3.05, 3.63) is 46.6 Å². The number of aromatic nitrogens is 1. The van der Waals surface area contributed by atoms with Crippen molar-refractivity contribution in [1.29, 1.82) is 0 Å². The zero-order valence-electron chi connectivity index (χ0n) is 14.6. The topological polar surface area (TPSA) is 72.5 Å². The van der Waals surface area contributed by atoms with Gasteiger partial charge in [-0.3, -0.25) is 4.79 Å². The first kappa shape index (κ1) is 19.0. The second kappa shape index (κ2) is 9.25. The molecule has 0 spiro atoms.